The van der Waals surface area contributed by atoms with Crippen LogP contribution in [0.5, 0.6) is 0 Å². The number of esters is 1. The number of carbonyl (C=O) groups excluding carboxylic acids is 1. The number of hydrogen-bond donors (Lipinski definition) is 1. The maximum atomic E-state index is 11.9. The predicted octanol–water partition coefficient (Wildman–Crippen LogP) is 1.53. The quantitative estimate of drug-likeness (QED) is 0.279. The van der Waals surface area contributed by atoms with Gasteiger partial charge in [0.25, 0.3) is 0 Å². The molecular weight excluding hydrogens is 245 g/mol. The minimum Gasteiger partial charge on any atom is -0.461 e. The summed E-state index contributed by atoms with van der Waals surface area (Å²) in [6, 6.07) is 0. The topological polar surface area (TPSA) is 73.9 Å². The lowest BCUT2D eigenvalue weighted by molar-refractivity contribution is -0.137. The Balaban J connectivity index is 3.79. The van der Waals surface area contributed by atoms with E-state index in [-0.39, 0.29) is 12.9 Å². The van der Waals surface area contributed by atoms with Crippen LogP contribution < -0.4 is 5.32 Å². The predicted molar refractivity (Wildman–Crippen MR) is 64.9 cm³/mol. The summed E-state index contributed by atoms with van der Waals surface area (Å²) in [5, 5.41) is 2.85. The molecule has 0 aliphatic rings. The fraction of sp³-hybridized carbons (Fsp3) is 0.700. The molecule has 1 N–H and O–H groups in total. The van der Waals surface area contributed by atoms with Crippen LogP contribution in [0.3, 0.4) is 0 Å². The minimum absolute atomic E-state index is 0.0975. The van der Waals surface area contributed by atoms with Gasteiger partial charge in [0.1, 0.15) is 6.61 Å². The highest BCUT2D eigenvalue weighted by Crippen LogP contribution is 2.46. The second-order valence-corrected chi connectivity index (χ2v) is 5.03. The van der Waals surface area contributed by atoms with Crippen molar-refractivity contribution in [1.29, 1.82) is 0 Å². The van der Waals surface area contributed by atoms with Gasteiger partial charge in [-0.2, -0.15) is 0 Å². The Morgan fingerprint density at radius 1 is 1.35 bits per heavy atom. The second kappa shape index (κ2) is 9.36. The van der Waals surface area contributed by atoms with Gasteiger partial charge >= 0.3 is 13.6 Å². The largest absolute Gasteiger partial charge is 0.461 e. The standard InChI is InChI=1S/C10H20NO5P/c1-4-10(12)14-8-7-11-9-17(13,15-5-2)16-6-3/h4,11H,1,5-9H2,2-3H3. The van der Waals surface area contributed by atoms with Crippen LogP contribution in [0.25, 0.3) is 0 Å². The van der Waals surface area contributed by atoms with E-state index in [9.17, 15) is 9.36 Å². The summed E-state index contributed by atoms with van der Waals surface area (Å²) < 4.78 is 26.8. The molecule has 0 bridgehead atoms. The molecule has 0 aromatic heterocycles. The lowest BCUT2D eigenvalue weighted by Crippen LogP contribution is -2.23. The van der Waals surface area contributed by atoms with E-state index in [1.165, 1.54) is 0 Å². The fourth-order valence-corrected chi connectivity index (χ4v) is 2.50. The third kappa shape index (κ3) is 8.10. The van der Waals surface area contributed by atoms with E-state index in [0.29, 0.717) is 19.8 Å². The Labute approximate surface area is 102 Å². The van der Waals surface area contributed by atoms with Gasteiger partial charge in [-0.1, -0.05) is 6.58 Å². The summed E-state index contributed by atoms with van der Waals surface area (Å²) in [7, 11) is -3.06. The van der Waals surface area contributed by atoms with Gasteiger partial charge in [-0.15, -0.1) is 0 Å². The first-order valence-electron chi connectivity index (χ1n) is 5.46. The summed E-state index contributed by atoms with van der Waals surface area (Å²) in [5.74, 6) is -0.482. The molecule has 0 fully saturated rings. The van der Waals surface area contributed by atoms with Gasteiger partial charge in [-0.3, -0.25) is 4.57 Å². The fourth-order valence-electron chi connectivity index (χ4n) is 1.02. The molecule has 0 atom stereocenters. The molecule has 6 nitrogen and oxygen atoms in total. The van der Waals surface area contributed by atoms with E-state index < -0.39 is 13.6 Å². The maximum absolute atomic E-state index is 11.9. The van der Waals surface area contributed by atoms with Crippen LogP contribution in [-0.2, 0) is 23.1 Å². The van der Waals surface area contributed by atoms with E-state index in [1.807, 2.05) is 0 Å². The number of ether oxygens (including phenoxy) is 1. The van der Waals surface area contributed by atoms with Gasteiger partial charge < -0.3 is 19.1 Å². The lowest BCUT2D eigenvalue weighted by atomic mass is 10.6. The first-order valence-corrected chi connectivity index (χ1v) is 7.18. The molecule has 0 aliphatic heterocycles. The third-order valence-corrected chi connectivity index (χ3v) is 3.56. The van der Waals surface area contributed by atoms with Gasteiger partial charge in [-0.05, 0) is 13.8 Å². The van der Waals surface area contributed by atoms with Crippen molar-refractivity contribution in [3.63, 3.8) is 0 Å². The first kappa shape index (κ1) is 16.3. The third-order valence-electron chi connectivity index (χ3n) is 1.65. The molecule has 0 aliphatic carbocycles. The van der Waals surface area contributed by atoms with Crippen LogP contribution >= 0.6 is 7.60 Å². The SMILES string of the molecule is C=CC(=O)OCCNCP(=O)(OCC)OCC. The Kier molecular flexibility index (Phi) is 8.99. The lowest BCUT2D eigenvalue weighted by Gasteiger charge is -2.17. The summed E-state index contributed by atoms with van der Waals surface area (Å²) in [6.07, 6.45) is 1.19. The Bertz CT molecular complexity index is 272. The van der Waals surface area contributed by atoms with Crippen molar-refractivity contribution in [2.24, 2.45) is 0 Å². The van der Waals surface area contributed by atoms with Crippen LogP contribution in [0, 0.1) is 0 Å². The molecule has 0 radical (unpaired) electrons. The van der Waals surface area contributed by atoms with Crippen LogP contribution in [0.15, 0.2) is 12.7 Å². The molecular formula is C10H20NO5P. The van der Waals surface area contributed by atoms with E-state index in [1.54, 1.807) is 13.8 Å². The highest BCUT2D eigenvalue weighted by molar-refractivity contribution is 7.53. The average Bonchev–Trinajstić information content (AvgIpc) is 2.29. The highest BCUT2D eigenvalue weighted by Gasteiger charge is 2.22. The molecule has 0 heterocycles. The molecule has 0 saturated carbocycles. The molecule has 0 saturated heterocycles. The van der Waals surface area contributed by atoms with Crippen molar-refractivity contribution in [3.8, 4) is 0 Å². The normalized spacial score (nSPS) is 11.2. The molecule has 17 heavy (non-hydrogen) atoms. The summed E-state index contributed by atoms with van der Waals surface area (Å²) in [6.45, 7) is 7.97. The zero-order valence-electron chi connectivity index (χ0n) is 10.3. The summed E-state index contributed by atoms with van der Waals surface area (Å²) >= 11 is 0. The molecule has 0 unspecified atom stereocenters. The van der Waals surface area contributed by atoms with Crippen molar-refractivity contribution in [2.45, 2.75) is 13.8 Å². The summed E-state index contributed by atoms with van der Waals surface area (Å²) in [5.41, 5.74) is 0. The van der Waals surface area contributed by atoms with Crippen LogP contribution in [0.4, 0.5) is 0 Å². The monoisotopic (exact) mass is 265 g/mol. The van der Waals surface area contributed by atoms with Crippen LogP contribution in [0.2, 0.25) is 0 Å². The van der Waals surface area contributed by atoms with Crippen molar-refractivity contribution < 1.29 is 23.1 Å². The van der Waals surface area contributed by atoms with Crippen molar-refractivity contribution in [1.82, 2.24) is 5.32 Å². The van der Waals surface area contributed by atoms with Crippen molar-refractivity contribution in [3.05, 3.63) is 12.7 Å². The average molecular weight is 265 g/mol. The smallest absolute Gasteiger partial charge is 0.344 e. The molecule has 100 valence electrons. The Morgan fingerprint density at radius 2 is 1.94 bits per heavy atom. The number of rotatable bonds is 10. The van der Waals surface area contributed by atoms with E-state index in [0.717, 1.165) is 6.08 Å². The molecule has 0 aromatic rings. The zero-order valence-corrected chi connectivity index (χ0v) is 11.2. The van der Waals surface area contributed by atoms with Gasteiger partial charge in [0.05, 0.1) is 19.5 Å². The van der Waals surface area contributed by atoms with Gasteiger partial charge in [0.15, 0.2) is 0 Å². The Morgan fingerprint density at radius 3 is 2.41 bits per heavy atom. The van der Waals surface area contributed by atoms with Gasteiger partial charge in [-0.25, -0.2) is 4.79 Å². The first-order chi connectivity index (χ1) is 8.08. The van der Waals surface area contributed by atoms with E-state index in [2.05, 4.69) is 11.9 Å². The van der Waals surface area contributed by atoms with E-state index in [4.69, 9.17) is 13.8 Å². The molecule has 0 aromatic carbocycles. The van der Waals surface area contributed by atoms with Crippen molar-refractivity contribution >= 4 is 13.6 Å². The van der Waals surface area contributed by atoms with Gasteiger partial charge in [0, 0.05) is 12.6 Å². The molecule has 7 heteroatoms. The molecule has 0 rings (SSSR count). The van der Waals surface area contributed by atoms with Crippen LogP contribution in [0.1, 0.15) is 13.8 Å². The van der Waals surface area contributed by atoms with Crippen LogP contribution in [-0.4, -0.2) is 38.6 Å². The van der Waals surface area contributed by atoms with E-state index >= 15 is 0 Å². The minimum atomic E-state index is -3.06. The molecule has 0 spiro atoms. The Hall–Kier alpha value is -0.680. The zero-order chi connectivity index (χ0) is 13.1. The number of nitrogens with one attached hydrogen (secondary N) is 1. The van der Waals surface area contributed by atoms with Crippen molar-refractivity contribution in [2.75, 3.05) is 32.7 Å². The number of hydrogen-bond acceptors (Lipinski definition) is 6. The second-order valence-electron chi connectivity index (χ2n) is 2.98. The highest BCUT2D eigenvalue weighted by atomic mass is 31.2. The van der Waals surface area contributed by atoms with Gasteiger partial charge in [0.2, 0.25) is 0 Å². The molecule has 0 amide bonds. The number of carbonyl (C=O) groups is 1. The summed E-state index contributed by atoms with van der Waals surface area (Å²) in [4.78, 5) is 10.7. The maximum Gasteiger partial charge on any atom is 0.344 e.